The van der Waals surface area contributed by atoms with Crippen LogP contribution >= 0.6 is 0 Å². The van der Waals surface area contributed by atoms with Crippen molar-refractivity contribution >= 4 is 17.8 Å². The summed E-state index contributed by atoms with van der Waals surface area (Å²) in [5.41, 5.74) is 0. The number of alkyl halides is 2. The molecule has 7 nitrogen and oxygen atoms in total. The van der Waals surface area contributed by atoms with E-state index in [-0.39, 0.29) is 24.7 Å². The zero-order chi connectivity index (χ0) is 15.8. The van der Waals surface area contributed by atoms with E-state index in [4.69, 9.17) is 9.84 Å². The Morgan fingerprint density at radius 2 is 2.19 bits per heavy atom. The number of halogens is 2. The number of urea groups is 1. The second kappa shape index (κ2) is 7.98. The minimum absolute atomic E-state index is 0.0305. The quantitative estimate of drug-likeness (QED) is 0.799. The lowest BCUT2D eigenvalue weighted by Gasteiger charge is -2.16. The fraction of sp³-hybridized carbons (Fsp3) is 0.417. The van der Waals surface area contributed by atoms with Crippen LogP contribution < -0.4 is 10.1 Å². The molecule has 0 aliphatic rings. The minimum Gasteiger partial charge on any atom is -0.481 e. The Balaban J connectivity index is 2.55. The van der Waals surface area contributed by atoms with E-state index in [0.717, 1.165) is 0 Å². The maximum atomic E-state index is 12.0. The predicted octanol–water partition coefficient (Wildman–Crippen LogP) is 1.66. The Bertz CT molecular complexity index is 499. The van der Waals surface area contributed by atoms with Crippen molar-refractivity contribution in [2.24, 2.45) is 0 Å². The van der Waals surface area contributed by atoms with E-state index >= 15 is 0 Å². The summed E-state index contributed by atoms with van der Waals surface area (Å²) >= 11 is 0. The van der Waals surface area contributed by atoms with E-state index in [1.807, 2.05) is 0 Å². The second-order valence-electron chi connectivity index (χ2n) is 4.06. The van der Waals surface area contributed by atoms with Gasteiger partial charge in [0, 0.05) is 19.7 Å². The fourth-order valence-electron chi connectivity index (χ4n) is 1.28. The number of carboxylic acid groups (broad SMARTS) is 1. The number of carboxylic acids is 1. The molecular weight excluding hydrogens is 288 g/mol. The van der Waals surface area contributed by atoms with Crippen LogP contribution in [-0.4, -0.2) is 53.6 Å². The van der Waals surface area contributed by atoms with Crippen LogP contribution in [0.15, 0.2) is 18.2 Å². The van der Waals surface area contributed by atoms with Crippen LogP contribution in [0, 0.1) is 0 Å². The number of hydrogen-bond donors (Lipinski definition) is 2. The number of hydrogen-bond acceptors (Lipinski definition) is 4. The predicted molar refractivity (Wildman–Crippen MR) is 69.6 cm³/mol. The highest BCUT2D eigenvalue weighted by molar-refractivity contribution is 5.88. The number of carbonyl (C=O) groups excluding carboxylic acids is 1. The summed E-state index contributed by atoms with van der Waals surface area (Å²) in [6.45, 7) is -0.758. The number of aliphatic carboxylic acids is 1. The number of rotatable bonds is 7. The van der Waals surface area contributed by atoms with Gasteiger partial charge in [0.15, 0.2) is 6.61 Å². The van der Waals surface area contributed by atoms with Gasteiger partial charge in [-0.15, -0.1) is 0 Å². The van der Waals surface area contributed by atoms with Gasteiger partial charge >= 0.3 is 12.0 Å². The number of amides is 2. The van der Waals surface area contributed by atoms with E-state index < -0.39 is 25.0 Å². The van der Waals surface area contributed by atoms with Crippen LogP contribution in [0.25, 0.3) is 0 Å². The summed E-state index contributed by atoms with van der Waals surface area (Å²) in [5.74, 6) is -0.939. The van der Waals surface area contributed by atoms with Gasteiger partial charge < -0.3 is 14.7 Å². The lowest BCUT2D eigenvalue weighted by molar-refractivity contribution is -0.137. The zero-order valence-electron chi connectivity index (χ0n) is 11.3. The highest BCUT2D eigenvalue weighted by Crippen LogP contribution is 2.12. The smallest absolute Gasteiger partial charge is 0.322 e. The van der Waals surface area contributed by atoms with E-state index in [0.29, 0.717) is 0 Å². The first-order valence-corrected chi connectivity index (χ1v) is 6.00. The molecule has 0 saturated heterocycles. The van der Waals surface area contributed by atoms with Gasteiger partial charge in [-0.05, 0) is 6.07 Å². The van der Waals surface area contributed by atoms with Gasteiger partial charge in [0.05, 0.1) is 6.42 Å². The Labute approximate surface area is 119 Å². The molecule has 0 spiro atoms. The molecule has 0 aromatic carbocycles. The van der Waals surface area contributed by atoms with E-state index in [2.05, 4.69) is 10.3 Å². The molecule has 1 heterocycles. The largest absolute Gasteiger partial charge is 0.481 e. The number of ether oxygens (including phenoxy) is 1. The summed E-state index contributed by atoms with van der Waals surface area (Å²) in [6, 6.07) is 3.76. The molecule has 1 aromatic rings. The third kappa shape index (κ3) is 6.50. The van der Waals surface area contributed by atoms with Crippen LogP contribution in [0.2, 0.25) is 0 Å². The molecule has 0 radical (unpaired) electrons. The van der Waals surface area contributed by atoms with Gasteiger partial charge in [0.25, 0.3) is 6.43 Å². The molecule has 9 heteroatoms. The van der Waals surface area contributed by atoms with Gasteiger partial charge in [0.2, 0.25) is 5.88 Å². The molecule has 0 fully saturated rings. The highest BCUT2D eigenvalue weighted by atomic mass is 19.3. The van der Waals surface area contributed by atoms with Crippen LogP contribution in [0.3, 0.4) is 0 Å². The molecule has 1 aromatic heterocycles. The molecule has 0 bridgehead atoms. The van der Waals surface area contributed by atoms with Crippen LogP contribution in [-0.2, 0) is 4.79 Å². The lowest BCUT2D eigenvalue weighted by Crippen LogP contribution is -2.33. The number of carbonyl (C=O) groups is 2. The van der Waals surface area contributed by atoms with Crippen molar-refractivity contribution in [2.75, 3.05) is 25.5 Å². The van der Waals surface area contributed by atoms with Crippen LogP contribution in [0.5, 0.6) is 5.88 Å². The Morgan fingerprint density at radius 3 is 2.81 bits per heavy atom. The first kappa shape index (κ1) is 16.6. The van der Waals surface area contributed by atoms with Gasteiger partial charge in [0.1, 0.15) is 5.82 Å². The molecule has 2 amide bonds. The normalized spacial score (nSPS) is 10.3. The molecule has 0 aliphatic heterocycles. The zero-order valence-corrected chi connectivity index (χ0v) is 11.3. The summed E-state index contributed by atoms with van der Waals surface area (Å²) < 4.78 is 28.7. The van der Waals surface area contributed by atoms with Crippen LogP contribution in [0.1, 0.15) is 6.42 Å². The van der Waals surface area contributed by atoms with Gasteiger partial charge in [-0.2, -0.15) is 4.98 Å². The second-order valence-corrected chi connectivity index (χ2v) is 4.06. The maximum absolute atomic E-state index is 12.0. The monoisotopic (exact) mass is 303 g/mol. The van der Waals surface area contributed by atoms with E-state index in [9.17, 15) is 18.4 Å². The topological polar surface area (TPSA) is 91.8 Å². The summed E-state index contributed by atoms with van der Waals surface area (Å²) in [5, 5.41) is 10.9. The van der Waals surface area contributed by atoms with Crippen molar-refractivity contribution in [3.63, 3.8) is 0 Å². The van der Waals surface area contributed by atoms with Gasteiger partial charge in [-0.3, -0.25) is 10.1 Å². The molecule has 1 rings (SSSR count). The van der Waals surface area contributed by atoms with Crippen LogP contribution in [0.4, 0.5) is 19.4 Å². The number of nitrogens with one attached hydrogen (secondary N) is 1. The molecule has 21 heavy (non-hydrogen) atoms. The molecule has 2 N–H and O–H groups in total. The van der Waals surface area contributed by atoms with Gasteiger partial charge in [-0.1, -0.05) is 6.07 Å². The molecule has 0 saturated carbocycles. The van der Waals surface area contributed by atoms with Crippen molar-refractivity contribution in [1.82, 2.24) is 9.88 Å². The molecule has 0 aliphatic carbocycles. The summed E-state index contributed by atoms with van der Waals surface area (Å²) in [6.07, 6.45) is -2.80. The summed E-state index contributed by atoms with van der Waals surface area (Å²) in [4.78, 5) is 27.1. The van der Waals surface area contributed by atoms with E-state index in [1.165, 1.54) is 30.1 Å². The Morgan fingerprint density at radius 1 is 1.48 bits per heavy atom. The van der Waals surface area contributed by atoms with Crippen molar-refractivity contribution < 1.29 is 28.2 Å². The standard InChI is InChI=1S/C12H15F2N3O4/c1-17(6-5-11(18)19)12(20)16-9-3-2-4-10(15-9)21-7-8(13)14/h2-4,8H,5-7H2,1H3,(H,18,19)(H,15,16,20). The molecule has 0 unspecified atom stereocenters. The average Bonchev–Trinajstić information content (AvgIpc) is 2.42. The number of pyridine rings is 1. The number of nitrogens with zero attached hydrogens (tertiary/aromatic N) is 2. The van der Waals surface area contributed by atoms with Crippen molar-refractivity contribution in [2.45, 2.75) is 12.8 Å². The average molecular weight is 303 g/mol. The van der Waals surface area contributed by atoms with Gasteiger partial charge in [-0.25, -0.2) is 13.6 Å². The number of aromatic nitrogens is 1. The third-order valence-electron chi connectivity index (χ3n) is 2.32. The third-order valence-corrected chi connectivity index (χ3v) is 2.32. The first-order chi connectivity index (χ1) is 9.88. The molecule has 0 atom stereocenters. The SMILES string of the molecule is CN(CCC(=O)O)C(=O)Nc1cccc(OCC(F)F)n1. The lowest BCUT2D eigenvalue weighted by atomic mass is 10.4. The Kier molecular flexibility index (Phi) is 6.31. The number of anilines is 1. The highest BCUT2D eigenvalue weighted by Gasteiger charge is 2.11. The Hall–Kier alpha value is -2.45. The fourth-order valence-corrected chi connectivity index (χ4v) is 1.28. The van der Waals surface area contributed by atoms with Crippen molar-refractivity contribution in [3.05, 3.63) is 18.2 Å². The first-order valence-electron chi connectivity index (χ1n) is 6.00. The van der Waals surface area contributed by atoms with Crippen molar-refractivity contribution in [1.29, 1.82) is 0 Å². The van der Waals surface area contributed by atoms with E-state index in [1.54, 1.807) is 0 Å². The molecule has 116 valence electrons. The minimum atomic E-state index is -2.62. The van der Waals surface area contributed by atoms with Crippen molar-refractivity contribution in [3.8, 4) is 5.88 Å². The molecular formula is C12H15F2N3O4. The summed E-state index contributed by atoms with van der Waals surface area (Å²) in [7, 11) is 1.43. The maximum Gasteiger partial charge on any atom is 0.322 e.